The Hall–Kier alpha value is -1.62. The number of carbonyl (C=O) groups is 1. The Morgan fingerprint density at radius 3 is 2.72 bits per heavy atom. The van der Waals surface area contributed by atoms with Crippen LogP contribution < -0.4 is 10.1 Å². The SMILES string of the molecule is C[C@@H](CO)NC(=O)CCCOc1ccc(F)cc1. The van der Waals surface area contributed by atoms with E-state index in [-0.39, 0.29) is 24.4 Å². The number of benzene rings is 1. The van der Waals surface area contributed by atoms with Crippen LogP contribution in [-0.4, -0.2) is 30.3 Å². The fourth-order valence-corrected chi connectivity index (χ4v) is 1.35. The Kier molecular flexibility index (Phi) is 6.14. The van der Waals surface area contributed by atoms with Crippen molar-refractivity contribution in [3.05, 3.63) is 30.1 Å². The van der Waals surface area contributed by atoms with Gasteiger partial charge in [-0.3, -0.25) is 4.79 Å². The van der Waals surface area contributed by atoms with Crippen molar-refractivity contribution in [2.75, 3.05) is 13.2 Å². The average molecular weight is 255 g/mol. The maximum Gasteiger partial charge on any atom is 0.220 e. The molecule has 0 bridgehead atoms. The van der Waals surface area contributed by atoms with Gasteiger partial charge in [0.15, 0.2) is 0 Å². The third-order valence-electron chi connectivity index (χ3n) is 2.31. The van der Waals surface area contributed by atoms with Crippen LogP contribution in [0, 0.1) is 5.82 Å². The fraction of sp³-hybridized carbons (Fsp3) is 0.462. The maximum atomic E-state index is 12.6. The number of amides is 1. The molecule has 0 aromatic heterocycles. The molecule has 1 atom stereocenters. The molecular formula is C13H18FNO3. The van der Waals surface area contributed by atoms with E-state index in [2.05, 4.69) is 5.32 Å². The smallest absolute Gasteiger partial charge is 0.220 e. The number of ether oxygens (including phenoxy) is 1. The van der Waals surface area contributed by atoms with Crippen LogP contribution in [0.25, 0.3) is 0 Å². The molecule has 0 aliphatic rings. The summed E-state index contributed by atoms with van der Waals surface area (Å²) in [6.07, 6.45) is 0.910. The Morgan fingerprint density at radius 2 is 2.11 bits per heavy atom. The molecule has 0 aliphatic heterocycles. The van der Waals surface area contributed by atoms with Gasteiger partial charge in [0.2, 0.25) is 5.91 Å². The summed E-state index contributed by atoms with van der Waals surface area (Å²) in [4.78, 5) is 11.3. The van der Waals surface area contributed by atoms with Crippen LogP contribution in [0.4, 0.5) is 4.39 Å². The topological polar surface area (TPSA) is 58.6 Å². The second-order valence-corrected chi connectivity index (χ2v) is 4.06. The molecule has 0 saturated heterocycles. The lowest BCUT2D eigenvalue weighted by atomic mass is 10.2. The van der Waals surface area contributed by atoms with Gasteiger partial charge in [0.25, 0.3) is 0 Å². The number of hydrogen-bond donors (Lipinski definition) is 2. The molecule has 18 heavy (non-hydrogen) atoms. The van der Waals surface area contributed by atoms with Gasteiger partial charge >= 0.3 is 0 Å². The van der Waals surface area contributed by atoms with E-state index in [1.54, 1.807) is 19.1 Å². The number of hydrogen-bond acceptors (Lipinski definition) is 3. The van der Waals surface area contributed by atoms with E-state index in [9.17, 15) is 9.18 Å². The zero-order chi connectivity index (χ0) is 13.4. The zero-order valence-corrected chi connectivity index (χ0v) is 10.4. The third kappa shape index (κ3) is 5.63. The zero-order valence-electron chi connectivity index (χ0n) is 10.4. The number of rotatable bonds is 7. The summed E-state index contributed by atoms with van der Waals surface area (Å²) in [6, 6.07) is 5.51. The first kappa shape index (κ1) is 14.4. The van der Waals surface area contributed by atoms with Crippen LogP contribution >= 0.6 is 0 Å². The molecule has 2 N–H and O–H groups in total. The van der Waals surface area contributed by atoms with E-state index in [1.165, 1.54) is 12.1 Å². The normalized spacial score (nSPS) is 11.9. The van der Waals surface area contributed by atoms with Crippen LogP contribution in [0.15, 0.2) is 24.3 Å². The molecule has 0 spiro atoms. The predicted octanol–water partition coefficient (Wildman–Crippen LogP) is 1.48. The monoisotopic (exact) mass is 255 g/mol. The average Bonchev–Trinajstić information content (AvgIpc) is 2.36. The van der Waals surface area contributed by atoms with Crippen molar-refractivity contribution in [2.24, 2.45) is 0 Å². The molecule has 0 saturated carbocycles. The van der Waals surface area contributed by atoms with Crippen LogP contribution in [0.3, 0.4) is 0 Å². The lowest BCUT2D eigenvalue weighted by Crippen LogP contribution is -2.34. The minimum atomic E-state index is -0.306. The Balaban J connectivity index is 2.15. The highest BCUT2D eigenvalue weighted by molar-refractivity contribution is 5.76. The molecule has 0 radical (unpaired) electrons. The van der Waals surface area contributed by atoms with Gasteiger partial charge in [-0.25, -0.2) is 4.39 Å². The Bertz CT molecular complexity index is 367. The van der Waals surface area contributed by atoms with Crippen molar-refractivity contribution in [3.63, 3.8) is 0 Å². The molecular weight excluding hydrogens is 237 g/mol. The number of aliphatic hydroxyl groups excluding tert-OH is 1. The molecule has 0 unspecified atom stereocenters. The van der Waals surface area contributed by atoms with Crippen LogP contribution in [0.1, 0.15) is 19.8 Å². The lowest BCUT2D eigenvalue weighted by molar-refractivity contribution is -0.122. The van der Waals surface area contributed by atoms with Gasteiger partial charge < -0.3 is 15.2 Å². The van der Waals surface area contributed by atoms with Gasteiger partial charge in [-0.15, -0.1) is 0 Å². The summed E-state index contributed by atoms with van der Waals surface area (Å²) in [6.45, 7) is 2.05. The molecule has 1 aromatic rings. The summed E-state index contributed by atoms with van der Waals surface area (Å²) < 4.78 is 18.0. The summed E-state index contributed by atoms with van der Waals surface area (Å²) in [5, 5.41) is 11.4. The van der Waals surface area contributed by atoms with E-state index in [1.807, 2.05) is 0 Å². The second-order valence-electron chi connectivity index (χ2n) is 4.06. The van der Waals surface area contributed by atoms with Crippen molar-refractivity contribution < 1.29 is 19.0 Å². The van der Waals surface area contributed by atoms with E-state index >= 15 is 0 Å². The van der Waals surface area contributed by atoms with Crippen molar-refractivity contribution in [3.8, 4) is 5.75 Å². The van der Waals surface area contributed by atoms with E-state index in [4.69, 9.17) is 9.84 Å². The summed E-state index contributed by atoms with van der Waals surface area (Å²) in [7, 11) is 0. The number of carbonyl (C=O) groups excluding carboxylic acids is 1. The molecule has 1 amide bonds. The standard InChI is InChI=1S/C13H18FNO3/c1-10(9-16)15-13(17)3-2-8-18-12-6-4-11(14)5-7-12/h4-7,10,16H,2-3,8-9H2,1H3,(H,15,17)/t10-/m0/s1. The van der Waals surface area contributed by atoms with E-state index < -0.39 is 0 Å². The third-order valence-corrected chi connectivity index (χ3v) is 2.31. The van der Waals surface area contributed by atoms with Gasteiger partial charge in [-0.2, -0.15) is 0 Å². The molecule has 1 aromatic carbocycles. The first-order chi connectivity index (χ1) is 8.61. The predicted molar refractivity (Wildman–Crippen MR) is 65.8 cm³/mol. The minimum absolute atomic E-state index is 0.0716. The van der Waals surface area contributed by atoms with Gasteiger partial charge in [-0.1, -0.05) is 0 Å². The highest BCUT2D eigenvalue weighted by Gasteiger charge is 2.05. The van der Waals surface area contributed by atoms with Gasteiger partial charge in [0, 0.05) is 12.5 Å². The highest BCUT2D eigenvalue weighted by Crippen LogP contribution is 2.11. The first-order valence-electron chi connectivity index (χ1n) is 5.90. The molecule has 5 heteroatoms. The summed E-state index contributed by atoms with van der Waals surface area (Å²) in [5.41, 5.74) is 0. The Morgan fingerprint density at radius 1 is 1.44 bits per heavy atom. The van der Waals surface area contributed by atoms with Crippen molar-refractivity contribution >= 4 is 5.91 Å². The molecule has 0 heterocycles. The molecule has 4 nitrogen and oxygen atoms in total. The van der Waals surface area contributed by atoms with Crippen molar-refractivity contribution in [1.29, 1.82) is 0 Å². The van der Waals surface area contributed by atoms with E-state index in [0.29, 0.717) is 25.2 Å². The first-order valence-corrected chi connectivity index (χ1v) is 5.90. The fourth-order valence-electron chi connectivity index (χ4n) is 1.35. The summed E-state index contributed by atoms with van der Waals surface area (Å²) >= 11 is 0. The van der Waals surface area contributed by atoms with Crippen LogP contribution in [-0.2, 0) is 4.79 Å². The lowest BCUT2D eigenvalue weighted by Gasteiger charge is -2.10. The van der Waals surface area contributed by atoms with Crippen LogP contribution in [0.2, 0.25) is 0 Å². The van der Waals surface area contributed by atoms with Gasteiger partial charge in [0.05, 0.1) is 13.2 Å². The Labute approximate surface area is 106 Å². The molecule has 0 aliphatic carbocycles. The number of aliphatic hydroxyl groups is 1. The van der Waals surface area contributed by atoms with E-state index in [0.717, 1.165) is 0 Å². The largest absolute Gasteiger partial charge is 0.494 e. The number of nitrogens with one attached hydrogen (secondary N) is 1. The minimum Gasteiger partial charge on any atom is -0.494 e. The molecule has 100 valence electrons. The van der Waals surface area contributed by atoms with Gasteiger partial charge in [0.1, 0.15) is 11.6 Å². The molecule has 0 fully saturated rings. The van der Waals surface area contributed by atoms with Crippen molar-refractivity contribution in [1.82, 2.24) is 5.32 Å². The van der Waals surface area contributed by atoms with Crippen LogP contribution in [0.5, 0.6) is 5.75 Å². The highest BCUT2D eigenvalue weighted by atomic mass is 19.1. The van der Waals surface area contributed by atoms with Gasteiger partial charge in [-0.05, 0) is 37.6 Å². The maximum absolute atomic E-state index is 12.6. The van der Waals surface area contributed by atoms with Crippen molar-refractivity contribution in [2.45, 2.75) is 25.8 Å². The number of halogens is 1. The molecule has 1 rings (SSSR count). The quantitative estimate of drug-likeness (QED) is 0.726. The second kappa shape index (κ2) is 7.66. The summed E-state index contributed by atoms with van der Waals surface area (Å²) in [5.74, 6) is 0.166.